The monoisotopic (exact) mass is 292 g/mol. The van der Waals surface area contributed by atoms with Gasteiger partial charge in [0.1, 0.15) is 0 Å². The second kappa shape index (κ2) is 7.19. The molecule has 0 atom stereocenters. The predicted octanol–water partition coefficient (Wildman–Crippen LogP) is 0.977. The van der Waals surface area contributed by atoms with Gasteiger partial charge in [-0.3, -0.25) is 9.69 Å². The number of aromatic carboxylic acids is 1. The molecule has 1 saturated heterocycles. The molecule has 0 aliphatic carbocycles. The van der Waals surface area contributed by atoms with E-state index in [-0.39, 0.29) is 6.42 Å². The van der Waals surface area contributed by atoms with E-state index in [0.717, 1.165) is 38.3 Å². The number of benzene rings is 1. The Balaban J connectivity index is 1.82. The van der Waals surface area contributed by atoms with Crippen LogP contribution >= 0.6 is 0 Å². The van der Waals surface area contributed by atoms with E-state index in [0.29, 0.717) is 12.1 Å². The number of nitrogens with zero attached hydrogens (tertiary/aromatic N) is 2. The van der Waals surface area contributed by atoms with Crippen LogP contribution in [0.15, 0.2) is 24.3 Å². The first-order valence-corrected chi connectivity index (χ1v) is 7.03. The van der Waals surface area contributed by atoms with Crippen molar-refractivity contribution < 1.29 is 19.8 Å². The van der Waals surface area contributed by atoms with Gasteiger partial charge in [-0.05, 0) is 17.7 Å². The lowest BCUT2D eigenvalue weighted by atomic mass is 10.1. The Kier molecular flexibility index (Phi) is 5.30. The predicted molar refractivity (Wildman–Crippen MR) is 77.4 cm³/mol. The summed E-state index contributed by atoms with van der Waals surface area (Å²) >= 11 is 0. The van der Waals surface area contributed by atoms with E-state index < -0.39 is 11.9 Å². The van der Waals surface area contributed by atoms with Crippen molar-refractivity contribution in [3.8, 4) is 0 Å². The summed E-state index contributed by atoms with van der Waals surface area (Å²) in [7, 11) is 0. The standard InChI is InChI=1S/C15H20N2O4/c18-14(19)4-5-16-6-8-17(9-7-16)11-12-2-1-3-13(10-12)15(20)21/h1-3,10H,4-9,11H2,(H,18,19)(H,20,21). The van der Waals surface area contributed by atoms with Gasteiger partial charge in [-0.15, -0.1) is 0 Å². The molecule has 0 amide bonds. The van der Waals surface area contributed by atoms with Crippen molar-refractivity contribution in [3.05, 3.63) is 35.4 Å². The van der Waals surface area contributed by atoms with E-state index in [1.165, 1.54) is 0 Å². The maximum Gasteiger partial charge on any atom is 0.335 e. The van der Waals surface area contributed by atoms with Crippen molar-refractivity contribution >= 4 is 11.9 Å². The van der Waals surface area contributed by atoms with Crippen LogP contribution in [0.4, 0.5) is 0 Å². The lowest BCUT2D eigenvalue weighted by molar-refractivity contribution is -0.137. The van der Waals surface area contributed by atoms with Gasteiger partial charge < -0.3 is 15.1 Å². The van der Waals surface area contributed by atoms with E-state index in [4.69, 9.17) is 10.2 Å². The number of carboxylic acids is 2. The van der Waals surface area contributed by atoms with Gasteiger partial charge in [-0.2, -0.15) is 0 Å². The molecule has 0 aromatic heterocycles. The third-order valence-electron chi connectivity index (χ3n) is 3.69. The van der Waals surface area contributed by atoms with Gasteiger partial charge in [0, 0.05) is 39.3 Å². The molecule has 2 rings (SSSR count). The van der Waals surface area contributed by atoms with Gasteiger partial charge in [0.2, 0.25) is 0 Å². The Labute approximate surface area is 123 Å². The zero-order chi connectivity index (χ0) is 15.2. The maximum atomic E-state index is 10.9. The fourth-order valence-corrected chi connectivity index (χ4v) is 2.49. The lowest BCUT2D eigenvalue weighted by Crippen LogP contribution is -2.46. The summed E-state index contributed by atoms with van der Waals surface area (Å²) in [6.07, 6.45) is 0.181. The molecule has 0 saturated carbocycles. The van der Waals surface area contributed by atoms with Crippen LogP contribution in [0.3, 0.4) is 0 Å². The summed E-state index contributed by atoms with van der Waals surface area (Å²) in [5.74, 6) is -1.67. The van der Waals surface area contributed by atoms with Crippen molar-refractivity contribution in [2.45, 2.75) is 13.0 Å². The van der Waals surface area contributed by atoms with Crippen molar-refractivity contribution in [3.63, 3.8) is 0 Å². The highest BCUT2D eigenvalue weighted by molar-refractivity contribution is 5.87. The first-order chi connectivity index (χ1) is 10.0. The molecule has 1 fully saturated rings. The highest BCUT2D eigenvalue weighted by Crippen LogP contribution is 2.11. The quantitative estimate of drug-likeness (QED) is 0.813. The second-order valence-electron chi connectivity index (χ2n) is 5.27. The van der Waals surface area contributed by atoms with Crippen LogP contribution in [-0.4, -0.2) is 64.7 Å². The molecule has 1 aromatic rings. The van der Waals surface area contributed by atoms with Crippen molar-refractivity contribution in [2.24, 2.45) is 0 Å². The molecule has 0 spiro atoms. The zero-order valence-corrected chi connectivity index (χ0v) is 11.9. The van der Waals surface area contributed by atoms with E-state index in [2.05, 4.69) is 9.80 Å². The molecule has 114 valence electrons. The molecule has 1 aliphatic rings. The molecule has 2 N–H and O–H groups in total. The maximum absolute atomic E-state index is 10.9. The summed E-state index contributed by atoms with van der Waals surface area (Å²) in [6.45, 7) is 4.78. The SMILES string of the molecule is O=C(O)CCN1CCN(Cc2cccc(C(=O)O)c2)CC1. The molecule has 1 heterocycles. The number of rotatable bonds is 6. The Morgan fingerprint density at radius 1 is 1.05 bits per heavy atom. The van der Waals surface area contributed by atoms with Crippen LogP contribution in [0, 0.1) is 0 Å². The van der Waals surface area contributed by atoms with Gasteiger partial charge in [-0.25, -0.2) is 4.79 Å². The van der Waals surface area contributed by atoms with Crippen LogP contribution in [0.25, 0.3) is 0 Å². The Hall–Kier alpha value is -1.92. The Morgan fingerprint density at radius 3 is 2.33 bits per heavy atom. The lowest BCUT2D eigenvalue weighted by Gasteiger charge is -2.34. The normalized spacial score (nSPS) is 16.8. The summed E-state index contributed by atoms with van der Waals surface area (Å²) in [4.78, 5) is 25.9. The smallest absolute Gasteiger partial charge is 0.335 e. The Bertz CT molecular complexity index is 510. The molecular formula is C15H20N2O4. The minimum atomic E-state index is -0.907. The first-order valence-electron chi connectivity index (χ1n) is 7.03. The highest BCUT2D eigenvalue weighted by Gasteiger charge is 2.17. The average molecular weight is 292 g/mol. The van der Waals surface area contributed by atoms with E-state index in [1.807, 2.05) is 6.07 Å². The molecule has 6 heteroatoms. The minimum absolute atomic E-state index is 0.181. The number of aliphatic carboxylic acids is 1. The molecule has 0 radical (unpaired) electrons. The van der Waals surface area contributed by atoms with Crippen LogP contribution < -0.4 is 0 Å². The number of piperazine rings is 1. The molecule has 0 bridgehead atoms. The molecule has 1 aliphatic heterocycles. The molecule has 0 unspecified atom stereocenters. The first kappa shape index (κ1) is 15.5. The Morgan fingerprint density at radius 2 is 1.71 bits per heavy atom. The van der Waals surface area contributed by atoms with Crippen molar-refractivity contribution in [2.75, 3.05) is 32.7 Å². The van der Waals surface area contributed by atoms with Crippen LogP contribution in [0.2, 0.25) is 0 Å². The topological polar surface area (TPSA) is 81.1 Å². The fourth-order valence-electron chi connectivity index (χ4n) is 2.49. The van der Waals surface area contributed by atoms with Gasteiger partial charge in [0.05, 0.1) is 12.0 Å². The van der Waals surface area contributed by atoms with E-state index >= 15 is 0 Å². The van der Waals surface area contributed by atoms with Crippen molar-refractivity contribution in [1.29, 1.82) is 0 Å². The summed E-state index contributed by atoms with van der Waals surface area (Å²) in [6, 6.07) is 7.00. The fraction of sp³-hybridized carbons (Fsp3) is 0.467. The number of carbonyl (C=O) groups is 2. The number of carboxylic acid groups (broad SMARTS) is 2. The third kappa shape index (κ3) is 4.84. The van der Waals surface area contributed by atoms with E-state index in [9.17, 15) is 9.59 Å². The summed E-state index contributed by atoms with van der Waals surface area (Å²) in [5, 5.41) is 17.7. The summed E-state index contributed by atoms with van der Waals surface area (Å²) in [5.41, 5.74) is 1.31. The molecule has 6 nitrogen and oxygen atoms in total. The highest BCUT2D eigenvalue weighted by atomic mass is 16.4. The van der Waals surface area contributed by atoms with Crippen LogP contribution in [-0.2, 0) is 11.3 Å². The van der Waals surface area contributed by atoms with Gasteiger partial charge in [0.25, 0.3) is 0 Å². The van der Waals surface area contributed by atoms with Gasteiger partial charge >= 0.3 is 11.9 Å². The summed E-state index contributed by atoms with van der Waals surface area (Å²) < 4.78 is 0. The number of hydrogen-bond acceptors (Lipinski definition) is 4. The van der Waals surface area contributed by atoms with Gasteiger partial charge in [-0.1, -0.05) is 12.1 Å². The van der Waals surface area contributed by atoms with Crippen molar-refractivity contribution in [1.82, 2.24) is 9.80 Å². The molecular weight excluding hydrogens is 272 g/mol. The zero-order valence-electron chi connectivity index (χ0n) is 11.9. The van der Waals surface area contributed by atoms with Crippen LogP contribution in [0.1, 0.15) is 22.3 Å². The largest absolute Gasteiger partial charge is 0.481 e. The van der Waals surface area contributed by atoms with E-state index in [1.54, 1.807) is 18.2 Å². The minimum Gasteiger partial charge on any atom is -0.481 e. The molecule has 1 aromatic carbocycles. The third-order valence-corrected chi connectivity index (χ3v) is 3.69. The van der Waals surface area contributed by atoms with Gasteiger partial charge in [0.15, 0.2) is 0 Å². The van der Waals surface area contributed by atoms with Crippen LogP contribution in [0.5, 0.6) is 0 Å². The average Bonchev–Trinajstić information content (AvgIpc) is 2.47. The second-order valence-corrected chi connectivity index (χ2v) is 5.27. The number of hydrogen-bond donors (Lipinski definition) is 2. The molecule has 21 heavy (non-hydrogen) atoms.